The van der Waals surface area contributed by atoms with E-state index in [1.807, 2.05) is 5.32 Å². The van der Waals surface area contributed by atoms with Gasteiger partial charge in [0.05, 0.1) is 6.04 Å². The highest BCUT2D eigenvalue weighted by atomic mass is 19.4. The molecular formula is C15H20F3N3O2. The molecule has 0 saturated heterocycles. The van der Waals surface area contributed by atoms with Gasteiger partial charge in [-0.15, -0.1) is 0 Å². The molecule has 1 unspecified atom stereocenters. The summed E-state index contributed by atoms with van der Waals surface area (Å²) in [6.07, 6.45) is -4.43. The Balaban J connectivity index is 2.59. The first-order chi connectivity index (χ1) is 10.6. The first-order valence-corrected chi connectivity index (χ1v) is 6.99. The zero-order valence-corrected chi connectivity index (χ0v) is 13.2. The standard InChI is InChI=1S/C15H20F3N3O2/c1-10(13(22)20-9-15(16,17)18)21(3)8-11-4-6-12(7-5-11)14(23)19-2/h4-7,10H,8-9H2,1-3H3,(H,19,23)(H,20,22). The van der Waals surface area contributed by atoms with Gasteiger partial charge in [0.15, 0.2) is 0 Å². The number of halogens is 3. The molecule has 0 radical (unpaired) electrons. The second kappa shape index (κ2) is 7.96. The minimum absolute atomic E-state index is 0.204. The minimum atomic E-state index is -4.43. The van der Waals surface area contributed by atoms with E-state index in [9.17, 15) is 22.8 Å². The minimum Gasteiger partial charge on any atom is -0.355 e. The van der Waals surface area contributed by atoms with E-state index < -0.39 is 24.7 Å². The van der Waals surface area contributed by atoms with Crippen LogP contribution in [0, 0.1) is 0 Å². The van der Waals surface area contributed by atoms with Gasteiger partial charge in [-0.1, -0.05) is 12.1 Å². The fourth-order valence-electron chi connectivity index (χ4n) is 1.87. The van der Waals surface area contributed by atoms with Crippen molar-refractivity contribution in [3.8, 4) is 0 Å². The molecule has 2 amide bonds. The molecule has 0 heterocycles. The molecule has 0 aliphatic rings. The van der Waals surface area contributed by atoms with Crippen molar-refractivity contribution >= 4 is 11.8 Å². The van der Waals surface area contributed by atoms with Crippen LogP contribution in [-0.4, -0.2) is 49.6 Å². The summed E-state index contributed by atoms with van der Waals surface area (Å²) < 4.78 is 36.3. The molecule has 0 aliphatic carbocycles. The van der Waals surface area contributed by atoms with Crippen LogP contribution in [0.1, 0.15) is 22.8 Å². The van der Waals surface area contributed by atoms with Crippen molar-refractivity contribution in [2.24, 2.45) is 0 Å². The summed E-state index contributed by atoms with van der Waals surface area (Å²) >= 11 is 0. The number of hydrogen-bond acceptors (Lipinski definition) is 3. The Bertz CT molecular complexity index is 544. The molecule has 0 spiro atoms. The average Bonchev–Trinajstić information content (AvgIpc) is 2.51. The zero-order chi connectivity index (χ0) is 17.6. The molecule has 0 aromatic heterocycles. The predicted molar refractivity (Wildman–Crippen MR) is 79.8 cm³/mol. The van der Waals surface area contributed by atoms with Gasteiger partial charge < -0.3 is 10.6 Å². The van der Waals surface area contributed by atoms with Crippen molar-refractivity contribution in [1.82, 2.24) is 15.5 Å². The lowest BCUT2D eigenvalue weighted by atomic mass is 10.1. The molecule has 0 aliphatic heterocycles. The number of likely N-dealkylation sites (N-methyl/N-ethyl adjacent to an activating group) is 1. The summed E-state index contributed by atoms with van der Waals surface area (Å²) in [5.74, 6) is -0.892. The summed E-state index contributed by atoms with van der Waals surface area (Å²) in [6, 6.07) is 6.06. The van der Waals surface area contributed by atoms with Crippen LogP contribution in [0.4, 0.5) is 13.2 Å². The van der Waals surface area contributed by atoms with E-state index in [1.54, 1.807) is 36.2 Å². The number of carbonyl (C=O) groups is 2. The van der Waals surface area contributed by atoms with Crippen LogP contribution in [-0.2, 0) is 11.3 Å². The van der Waals surface area contributed by atoms with Gasteiger partial charge in [0.25, 0.3) is 5.91 Å². The van der Waals surface area contributed by atoms with Gasteiger partial charge in [-0.25, -0.2) is 0 Å². The highest BCUT2D eigenvalue weighted by molar-refractivity contribution is 5.93. The normalized spacial score (nSPS) is 12.8. The monoisotopic (exact) mass is 331 g/mol. The number of rotatable bonds is 6. The highest BCUT2D eigenvalue weighted by Crippen LogP contribution is 2.13. The predicted octanol–water partition coefficient (Wildman–Crippen LogP) is 1.54. The molecular weight excluding hydrogens is 311 g/mol. The fourth-order valence-corrected chi connectivity index (χ4v) is 1.87. The van der Waals surface area contributed by atoms with E-state index in [4.69, 9.17) is 0 Å². The van der Waals surface area contributed by atoms with Crippen molar-refractivity contribution in [2.75, 3.05) is 20.6 Å². The van der Waals surface area contributed by atoms with E-state index in [0.29, 0.717) is 12.1 Å². The van der Waals surface area contributed by atoms with E-state index in [2.05, 4.69) is 5.32 Å². The molecule has 2 N–H and O–H groups in total. The molecule has 0 bridgehead atoms. The number of hydrogen-bond donors (Lipinski definition) is 2. The SMILES string of the molecule is CNC(=O)c1ccc(CN(C)C(C)C(=O)NCC(F)(F)F)cc1. The van der Waals surface area contributed by atoms with Crippen molar-refractivity contribution in [3.63, 3.8) is 0 Å². The van der Waals surface area contributed by atoms with E-state index in [1.165, 1.54) is 14.0 Å². The first kappa shape index (κ1) is 19.0. The molecule has 23 heavy (non-hydrogen) atoms. The third kappa shape index (κ3) is 6.27. The molecule has 1 rings (SSSR count). The van der Waals surface area contributed by atoms with E-state index in [0.717, 1.165) is 5.56 Å². The number of carbonyl (C=O) groups excluding carboxylic acids is 2. The summed E-state index contributed by atoms with van der Waals surface area (Å²) in [7, 11) is 3.18. The number of alkyl halides is 3. The van der Waals surface area contributed by atoms with Crippen LogP contribution in [0.25, 0.3) is 0 Å². The maximum absolute atomic E-state index is 12.1. The lowest BCUT2D eigenvalue weighted by Crippen LogP contribution is -2.45. The van der Waals surface area contributed by atoms with Crippen molar-refractivity contribution < 1.29 is 22.8 Å². The van der Waals surface area contributed by atoms with Crippen molar-refractivity contribution in [1.29, 1.82) is 0 Å². The molecule has 128 valence electrons. The van der Waals surface area contributed by atoms with Crippen molar-refractivity contribution in [3.05, 3.63) is 35.4 Å². The van der Waals surface area contributed by atoms with Gasteiger partial charge in [0, 0.05) is 19.2 Å². The summed E-state index contributed by atoms with van der Waals surface area (Å²) in [5.41, 5.74) is 1.35. The summed E-state index contributed by atoms with van der Waals surface area (Å²) in [6.45, 7) is 0.560. The maximum atomic E-state index is 12.1. The van der Waals surface area contributed by atoms with Gasteiger partial charge in [-0.2, -0.15) is 13.2 Å². The van der Waals surface area contributed by atoms with Gasteiger partial charge in [0.2, 0.25) is 5.91 Å². The molecule has 1 aromatic carbocycles. The quantitative estimate of drug-likeness (QED) is 0.831. The molecule has 0 fully saturated rings. The number of nitrogens with zero attached hydrogens (tertiary/aromatic N) is 1. The van der Waals surface area contributed by atoms with E-state index >= 15 is 0 Å². The topological polar surface area (TPSA) is 61.4 Å². The van der Waals surface area contributed by atoms with Gasteiger partial charge in [-0.3, -0.25) is 14.5 Å². The summed E-state index contributed by atoms with van der Waals surface area (Å²) in [4.78, 5) is 24.8. The molecule has 0 saturated carbocycles. The maximum Gasteiger partial charge on any atom is 0.405 e. The Morgan fingerprint density at radius 3 is 2.26 bits per heavy atom. The number of amides is 2. The smallest absolute Gasteiger partial charge is 0.355 e. The van der Waals surface area contributed by atoms with Crippen LogP contribution in [0.15, 0.2) is 24.3 Å². The molecule has 1 aromatic rings. The lowest BCUT2D eigenvalue weighted by molar-refractivity contribution is -0.141. The third-order valence-corrected chi connectivity index (χ3v) is 3.38. The van der Waals surface area contributed by atoms with Crippen LogP contribution >= 0.6 is 0 Å². The number of benzene rings is 1. The Hall–Kier alpha value is -2.09. The second-order valence-corrected chi connectivity index (χ2v) is 5.20. The van der Waals surface area contributed by atoms with Gasteiger partial charge in [-0.05, 0) is 31.7 Å². The highest BCUT2D eigenvalue weighted by Gasteiger charge is 2.29. The van der Waals surface area contributed by atoms with E-state index in [-0.39, 0.29) is 5.91 Å². The van der Waals surface area contributed by atoms with Crippen LogP contribution in [0.3, 0.4) is 0 Å². The number of nitrogens with one attached hydrogen (secondary N) is 2. The molecule has 1 atom stereocenters. The van der Waals surface area contributed by atoms with Crippen LogP contribution < -0.4 is 10.6 Å². The zero-order valence-electron chi connectivity index (χ0n) is 13.2. The Morgan fingerprint density at radius 2 is 1.78 bits per heavy atom. The van der Waals surface area contributed by atoms with Crippen molar-refractivity contribution in [2.45, 2.75) is 25.7 Å². The summed E-state index contributed by atoms with van der Waals surface area (Å²) in [5, 5.41) is 4.37. The molecule has 5 nitrogen and oxygen atoms in total. The Kier molecular flexibility index (Phi) is 6.56. The first-order valence-electron chi connectivity index (χ1n) is 6.99. The van der Waals surface area contributed by atoms with Gasteiger partial charge in [0.1, 0.15) is 6.54 Å². The largest absolute Gasteiger partial charge is 0.405 e. The average molecular weight is 331 g/mol. The third-order valence-electron chi connectivity index (χ3n) is 3.38. The lowest BCUT2D eigenvalue weighted by Gasteiger charge is -2.24. The Labute approximate surface area is 132 Å². The Morgan fingerprint density at radius 1 is 1.22 bits per heavy atom. The van der Waals surface area contributed by atoms with Crippen LogP contribution in [0.5, 0.6) is 0 Å². The van der Waals surface area contributed by atoms with Crippen LogP contribution in [0.2, 0.25) is 0 Å². The molecule has 8 heteroatoms. The second-order valence-electron chi connectivity index (χ2n) is 5.20. The van der Waals surface area contributed by atoms with Gasteiger partial charge >= 0.3 is 6.18 Å². The fraction of sp³-hybridized carbons (Fsp3) is 0.467.